The minimum Gasteiger partial charge on any atom is -0.438 e. The lowest BCUT2D eigenvalue weighted by Crippen LogP contribution is -2.12. The largest absolute Gasteiger partial charge is 0.438 e. The maximum absolute atomic E-state index is 11.2. The number of carbonyl (C=O) groups is 1. The van der Waals surface area contributed by atoms with Gasteiger partial charge in [-0.15, -0.1) is 0 Å². The number of aromatic nitrogens is 1. The van der Waals surface area contributed by atoms with Gasteiger partial charge in [-0.05, 0) is 24.3 Å². The number of primary amides is 1. The number of rotatable bonds is 3. The smallest absolute Gasteiger partial charge is 0.254 e. The van der Waals surface area contributed by atoms with E-state index in [1.54, 1.807) is 18.2 Å². The molecule has 6 heteroatoms. The molecule has 0 atom stereocenters. The molecule has 2 rings (SSSR count). The topological polar surface area (TPSA) is 65.2 Å². The molecule has 0 aliphatic carbocycles. The molecular formula is C12H8Cl2N2O2. The molecule has 4 nitrogen and oxygen atoms in total. The van der Waals surface area contributed by atoms with Gasteiger partial charge in [0.2, 0.25) is 5.88 Å². The van der Waals surface area contributed by atoms with Gasteiger partial charge in [-0.1, -0.05) is 23.2 Å². The highest BCUT2D eigenvalue weighted by atomic mass is 35.5. The van der Waals surface area contributed by atoms with Crippen molar-refractivity contribution in [1.29, 1.82) is 0 Å². The third-order valence-electron chi connectivity index (χ3n) is 2.14. The van der Waals surface area contributed by atoms with E-state index < -0.39 is 5.91 Å². The first-order valence-electron chi connectivity index (χ1n) is 4.95. The van der Waals surface area contributed by atoms with E-state index in [0.717, 1.165) is 0 Å². The quantitative estimate of drug-likeness (QED) is 0.940. The van der Waals surface area contributed by atoms with E-state index in [1.165, 1.54) is 18.3 Å². The highest BCUT2D eigenvalue weighted by Gasteiger charge is 2.11. The van der Waals surface area contributed by atoms with Crippen LogP contribution in [0.3, 0.4) is 0 Å². The Morgan fingerprint density at radius 1 is 1.22 bits per heavy atom. The summed E-state index contributed by atoms with van der Waals surface area (Å²) in [4.78, 5) is 15.1. The molecule has 0 spiro atoms. The third-order valence-corrected chi connectivity index (χ3v) is 2.88. The summed E-state index contributed by atoms with van der Waals surface area (Å²) in [5, 5.41) is 0.769. The van der Waals surface area contributed by atoms with Crippen LogP contribution < -0.4 is 10.5 Å². The molecule has 18 heavy (non-hydrogen) atoms. The molecule has 92 valence electrons. The van der Waals surface area contributed by atoms with Crippen molar-refractivity contribution in [2.45, 2.75) is 0 Å². The number of halogens is 2. The van der Waals surface area contributed by atoms with E-state index in [4.69, 9.17) is 33.7 Å². The average Bonchev–Trinajstić information content (AvgIpc) is 2.34. The van der Waals surface area contributed by atoms with Crippen LogP contribution in [0.1, 0.15) is 10.4 Å². The Balaban J connectivity index is 2.34. The zero-order chi connectivity index (χ0) is 13.1. The summed E-state index contributed by atoms with van der Waals surface area (Å²) in [5.74, 6) is -0.0628. The second kappa shape index (κ2) is 5.25. The molecule has 0 saturated carbocycles. The predicted molar refractivity (Wildman–Crippen MR) is 69.3 cm³/mol. The lowest BCUT2D eigenvalue weighted by atomic mass is 10.2. The summed E-state index contributed by atoms with van der Waals surface area (Å²) in [6.45, 7) is 0. The van der Waals surface area contributed by atoms with Gasteiger partial charge in [-0.25, -0.2) is 4.98 Å². The standard InChI is InChI=1S/C12H8Cl2N2O2/c13-9-4-3-7(6-10(9)14)18-12-8(11(15)17)2-1-5-16-12/h1-6H,(H2,15,17). The summed E-state index contributed by atoms with van der Waals surface area (Å²) in [7, 11) is 0. The minimum absolute atomic E-state index is 0.128. The number of pyridine rings is 1. The molecular weight excluding hydrogens is 275 g/mol. The van der Waals surface area contributed by atoms with Gasteiger partial charge in [-0.3, -0.25) is 4.79 Å². The zero-order valence-electron chi connectivity index (χ0n) is 9.06. The molecule has 2 N–H and O–H groups in total. The Kier molecular flexibility index (Phi) is 3.69. The Hall–Kier alpha value is -1.78. The first-order valence-corrected chi connectivity index (χ1v) is 5.71. The lowest BCUT2D eigenvalue weighted by molar-refractivity contribution is 0.0997. The highest BCUT2D eigenvalue weighted by Crippen LogP contribution is 2.29. The van der Waals surface area contributed by atoms with Crippen molar-refractivity contribution in [2.24, 2.45) is 5.73 Å². The molecule has 2 aromatic rings. The number of amides is 1. The Morgan fingerprint density at radius 3 is 2.67 bits per heavy atom. The molecule has 1 amide bonds. The van der Waals surface area contributed by atoms with E-state index in [0.29, 0.717) is 15.8 Å². The SMILES string of the molecule is NC(=O)c1cccnc1Oc1ccc(Cl)c(Cl)c1. The van der Waals surface area contributed by atoms with Gasteiger partial charge in [0.15, 0.2) is 0 Å². The fourth-order valence-corrected chi connectivity index (χ4v) is 1.60. The molecule has 0 aliphatic rings. The molecule has 1 aromatic carbocycles. The van der Waals surface area contributed by atoms with E-state index in [-0.39, 0.29) is 11.4 Å². The molecule has 0 fully saturated rings. The Bertz CT molecular complexity index is 602. The fraction of sp³-hybridized carbons (Fsp3) is 0. The van der Waals surface area contributed by atoms with Crippen LogP contribution in [0.4, 0.5) is 0 Å². The van der Waals surface area contributed by atoms with Crippen molar-refractivity contribution >= 4 is 29.1 Å². The number of carbonyl (C=O) groups excluding carboxylic acids is 1. The van der Waals surface area contributed by atoms with Crippen LogP contribution in [0.2, 0.25) is 10.0 Å². The van der Waals surface area contributed by atoms with E-state index >= 15 is 0 Å². The monoisotopic (exact) mass is 282 g/mol. The molecule has 0 radical (unpaired) electrons. The fourth-order valence-electron chi connectivity index (χ4n) is 1.31. The van der Waals surface area contributed by atoms with Crippen LogP contribution in [-0.2, 0) is 0 Å². The average molecular weight is 283 g/mol. The lowest BCUT2D eigenvalue weighted by Gasteiger charge is -2.08. The van der Waals surface area contributed by atoms with Crippen LogP contribution in [0.15, 0.2) is 36.5 Å². The number of hydrogen-bond acceptors (Lipinski definition) is 3. The summed E-state index contributed by atoms with van der Waals surface area (Å²) in [6.07, 6.45) is 1.50. The second-order valence-electron chi connectivity index (χ2n) is 3.40. The van der Waals surface area contributed by atoms with Crippen LogP contribution >= 0.6 is 23.2 Å². The van der Waals surface area contributed by atoms with Crippen molar-refractivity contribution in [3.05, 3.63) is 52.1 Å². The number of nitrogens with two attached hydrogens (primary N) is 1. The van der Waals surface area contributed by atoms with Crippen molar-refractivity contribution in [1.82, 2.24) is 4.98 Å². The minimum atomic E-state index is -0.613. The summed E-state index contributed by atoms with van der Waals surface area (Å²) < 4.78 is 5.45. The highest BCUT2D eigenvalue weighted by molar-refractivity contribution is 6.42. The summed E-state index contributed by atoms with van der Waals surface area (Å²) >= 11 is 11.6. The van der Waals surface area contributed by atoms with Gasteiger partial charge < -0.3 is 10.5 Å². The van der Waals surface area contributed by atoms with Gasteiger partial charge >= 0.3 is 0 Å². The first kappa shape index (κ1) is 12.7. The van der Waals surface area contributed by atoms with E-state index in [2.05, 4.69) is 4.98 Å². The molecule has 1 heterocycles. The Labute approximate surface area is 113 Å². The van der Waals surface area contributed by atoms with Gasteiger partial charge in [0.25, 0.3) is 5.91 Å². The van der Waals surface area contributed by atoms with Crippen LogP contribution in [0, 0.1) is 0 Å². The number of nitrogens with zero attached hydrogens (tertiary/aromatic N) is 1. The van der Waals surface area contributed by atoms with Crippen molar-refractivity contribution < 1.29 is 9.53 Å². The second-order valence-corrected chi connectivity index (χ2v) is 4.21. The summed E-state index contributed by atoms with van der Waals surface area (Å²) in [5.41, 5.74) is 5.41. The van der Waals surface area contributed by atoms with Crippen LogP contribution in [-0.4, -0.2) is 10.9 Å². The Morgan fingerprint density at radius 2 is 2.00 bits per heavy atom. The number of ether oxygens (including phenoxy) is 1. The number of hydrogen-bond donors (Lipinski definition) is 1. The molecule has 0 bridgehead atoms. The molecule has 1 aromatic heterocycles. The third kappa shape index (κ3) is 2.72. The maximum atomic E-state index is 11.2. The summed E-state index contributed by atoms with van der Waals surface area (Å²) in [6, 6.07) is 7.87. The number of benzene rings is 1. The van der Waals surface area contributed by atoms with Gasteiger partial charge in [-0.2, -0.15) is 0 Å². The van der Waals surface area contributed by atoms with Crippen LogP contribution in [0.5, 0.6) is 11.6 Å². The van der Waals surface area contributed by atoms with Gasteiger partial charge in [0.05, 0.1) is 10.0 Å². The van der Waals surface area contributed by atoms with Crippen molar-refractivity contribution in [3.8, 4) is 11.6 Å². The molecule has 0 unspecified atom stereocenters. The van der Waals surface area contributed by atoms with Gasteiger partial charge in [0, 0.05) is 12.3 Å². The van der Waals surface area contributed by atoms with Crippen LogP contribution in [0.25, 0.3) is 0 Å². The predicted octanol–water partition coefficient (Wildman–Crippen LogP) is 3.28. The zero-order valence-corrected chi connectivity index (χ0v) is 10.6. The first-order chi connectivity index (χ1) is 8.58. The van der Waals surface area contributed by atoms with E-state index in [9.17, 15) is 4.79 Å². The molecule has 0 saturated heterocycles. The van der Waals surface area contributed by atoms with Crippen molar-refractivity contribution in [3.63, 3.8) is 0 Å². The maximum Gasteiger partial charge on any atom is 0.254 e. The normalized spacial score (nSPS) is 10.1. The molecule has 0 aliphatic heterocycles. The van der Waals surface area contributed by atoms with E-state index in [1.807, 2.05) is 0 Å². The van der Waals surface area contributed by atoms with Gasteiger partial charge in [0.1, 0.15) is 11.3 Å². The van der Waals surface area contributed by atoms with Crippen molar-refractivity contribution in [2.75, 3.05) is 0 Å².